The molecule has 0 bridgehead atoms. The van der Waals surface area contributed by atoms with Gasteiger partial charge in [-0.2, -0.15) is 0 Å². The second kappa shape index (κ2) is 9.71. The van der Waals surface area contributed by atoms with E-state index in [4.69, 9.17) is 25.8 Å². The van der Waals surface area contributed by atoms with Gasteiger partial charge in [0, 0.05) is 5.56 Å². The minimum Gasteiger partial charge on any atom is -0.490 e. The largest absolute Gasteiger partial charge is 0.490 e. The molecule has 0 aromatic heterocycles. The zero-order chi connectivity index (χ0) is 23.4. The normalized spacial score (nSPS) is 14.1. The number of aryl methyl sites for hydroxylation is 1. The maximum atomic E-state index is 12.5. The number of ether oxygens (including phenoxy) is 3. The van der Waals surface area contributed by atoms with Crippen molar-refractivity contribution in [3.05, 3.63) is 99.7 Å². The summed E-state index contributed by atoms with van der Waals surface area (Å²) in [6.45, 7) is 4.12. The molecule has 7 heteroatoms. The van der Waals surface area contributed by atoms with Crippen molar-refractivity contribution in [3.63, 3.8) is 0 Å². The molecule has 166 valence electrons. The lowest BCUT2D eigenvalue weighted by molar-refractivity contribution is -0.129. The molecule has 1 heterocycles. The number of aliphatic imine (C=N–C) groups is 1. The first-order chi connectivity index (χ1) is 15.9. The molecule has 33 heavy (non-hydrogen) atoms. The lowest BCUT2D eigenvalue weighted by atomic mass is 10.1. The second-order valence-electron chi connectivity index (χ2n) is 7.21. The molecule has 0 saturated heterocycles. The van der Waals surface area contributed by atoms with Crippen LogP contribution in [0.3, 0.4) is 0 Å². The van der Waals surface area contributed by atoms with Crippen LogP contribution in [0.1, 0.15) is 34.0 Å². The van der Waals surface area contributed by atoms with Crippen molar-refractivity contribution in [1.82, 2.24) is 0 Å². The highest BCUT2D eigenvalue weighted by molar-refractivity contribution is 6.33. The molecule has 1 aliphatic rings. The molecule has 6 nitrogen and oxygen atoms in total. The predicted molar refractivity (Wildman–Crippen MR) is 126 cm³/mol. The summed E-state index contributed by atoms with van der Waals surface area (Å²) in [5.41, 5.74) is 2.81. The van der Waals surface area contributed by atoms with Crippen LogP contribution in [-0.4, -0.2) is 24.4 Å². The third-order valence-electron chi connectivity index (χ3n) is 4.75. The van der Waals surface area contributed by atoms with E-state index in [0.29, 0.717) is 22.9 Å². The zero-order valence-corrected chi connectivity index (χ0v) is 18.8. The quantitative estimate of drug-likeness (QED) is 0.271. The van der Waals surface area contributed by atoms with Gasteiger partial charge in [0.15, 0.2) is 17.2 Å². The minimum atomic E-state index is -0.598. The van der Waals surface area contributed by atoms with E-state index >= 15 is 0 Å². The van der Waals surface area contributed by atoms with Crippen molar-refractivity contribution >= 4 is 35.5 Å². The van der Waals surface area contributed by atoms with E-state index in [9.17, 15) is 9.59 Å². The van der Waals surface area contributed by atoms with Gasteiger partial charge in [0.25, 0.3) is 0 Å². The average molecular weight is 462 g/mol. The molecule has 0 fully saturated rings. The summed E-state index contributed by atoms with van der Waals surface area (Å²) in [4.78, 5) is 29.2. The minimum absolute atomic E-state index is 0.162. The first-order valence-electron chi connectivity index (χ1n) is 10.3. The molecule has 0 N–H and O–H groups in total. The lowest BCUT2D eigenvalue weighted by Crippen LogP contribution is -2.10. The molecule has 0 saturated carbocycles. The Balaban J connectivity index is 1.61. The van der Waals surface area contributed by atoms with Crippen LogP contribution in [0.5, 0.6) is 11.5 Å². The van der Waals surface area contributed by atoms with Gasteiger partial charge in [0.1, 0.15) is 0 Å². The lowest BCUT2D eigenvalue weighted by Gasteiger charge is -2.12. The van der Waals surface area contributed by atoms with Gasteiger partial charge in [0.05, 0.1) is 17.2 Å². The monoisotopic (exact) mass is 461 g/mol. The van der Waals surface area contributed by atoms with Crippen molar-refractivity contribution in [2.75, 3.05) is 6.61 Å². The molecule has 1 aliphatic heterocycles. The van der Waals surface area contributed by atoms with Crippen molar-refractivity contribution in [3.8, 4) is 11.5 Å². The molecule has 0 radical (unpaired) electrons. The maximum Gasteiger partial charge on any atom is 0.363 e. The van der Waals surface area contributed by atoms with Crippen LogP contribution in [0.4, 0.5) is 0 Å². The molecular formula is C26H20ClNO5. The van der Waals surface area contributed by atoms with Gasteiger partial charge in [-0.15, -0.1) is 0 Å². The highest BCUT2D eigenvalue weighted by Crippen LogP contribution is 2.31. The highest BCUT2D eigenvalue weighted by atomic mass is 35.5. The van der Waals surface area contributed by atoms with Crippen LogP contribution in [0.25, 0.3) is 6.08 Å². The predicted octanol–water partition coefficient (Wildman–Crippen LogP) is 5.61. The van der Waals surface area contributed by atoms with Gasteiger partial charge in [-0.1, -0.05) is 47.5 Å². The number of carbonyl (C=O) groups is 2. The van der Waals surface area contributed by atoms with Gasteiger partial charge in [0.2, 0.25) is 5.90 Å². The Morgan fingerprint density at radius 1 is 1.06 bits per heavy atom. The highest BCUT2D eigenvalue weighted by Gasteiger charge is 2.24. The molecule has 3 aromatic rings. The molecule has 4 rings (SSSR count). The summed E-state index contributed by atoms with van der Waals surface area (Å²) in [7, 11) is 0. The van der Waals surface area contributed by atoms with Crippen molar-refractivity contribution < 1.29 is 23.8 Å². The summed E-state index contributed by atoms with van der Waals surface area (Å²) in [5.74, 6) is -0.299. The number of nitrogens with zero attached hydrogens (tertiary/aromatic N) is 1. The molecule has 0 atom stereocenters. The molecular weight excluding hydrogens is 442 g/mol. The third kappa shape index (κ3) is 5.13. The van der Waals surface area contributed by atoms with Crippen LogP contribution in [-0.2, 0) is 9.53 Å². The third-order valence-corrected chi connectivity index (χ3v) is 5.08. The smallest absolute Gasteiger partial charge is 0.363 e. The molecule has 0 aliphatic carbocycles. The Hall–Kier alpha value is -3.90. The van der Waals surface area contributed by atoms with Crippen molar-refractivity contribution in [2.24, 2.45) is 4.99 Å². The maximum absolute atomic E-state index is 12.5. The first-order valence-corrected chi connectivity index (χ1v) is 10.7. The molecule has 0 unspecified atom stereocenters. The Labute approximate surface area is 196 Å². The van der Waals surface area contributed by atoms with Crippen LogP contribution < -0.4 is 9.47 Å². The van der Waals surface area contributed by atoms with E-state index in [2.05, 4.69) is 4.99 Å². The molecule has 0 amide bonds. The standard InChI is InChI=1S/C26H20ClNO5/c1-3-31-23-15-17(11-12-22(23)32-25(29)19-9-4-5-10-20(19)27)14-21-26(30)33-24(28-21)18-8-6-7-16(2)13-18/h4-15H,3H2,1-2H3/b21-14-. The number of rotatable bonds is 6. The fourth-order valence-electron chi connectivity index (χ4n) is 3.22. The van der Waals surface area contributed by atoms with Crippen LogP contribution in [0, 0.1) is 6.92 Å². The Kier molecular flexibility index (Phi) is 6.56. The van der Waals surface area contributed by atoms with E-state index in [1.54, 1.807) is 48.5 Å². The van der Waals surface area contributed by atoms with E-state index in [0.717, 1.165) is 11.1 Å². The zero-order valence-electron chi connectivity index (χ0n) is 18.0. The van der Waals surface area contributed by atoms with Crippen molar-refractivity contribution in [2.45, 2.75) is 13.8 Å². The van der Waals surface area contributed by atoms with Gasteiger partial charge >= 0.3 is 11.9 Å². The van der Waals surface area contributed by atoms with E-state index < -0.39 is 11.9 Å². The number of cyclic esters (lactones) is 1. The number of benzene rings is 3. The number of esters is 2. The summed E-state index contributed by atoms with van der Waals surface area (Å²) in [6, 6.07) is 19.1. The first kappa shape index (κ1) is 22.3. The van der Waals surface area contributed by atoms with Gasteiger partial charge in [-0.25, -0.2) is 14.6 Å². The van der Waals surface area contributed by atoms with E-state index in [1.165, 1.54) is 0 Å². The fraction of sp³-hybridized carbons (Fsp3) is 0.115. The van der Waals surface area contributed by atoms with Gasteiger partial charge in [-0.05, 0) is 61.9 Å². The molecule has 3 aromatic carbocycles. The van der Waals surface area contributed by atoms with E-state index in [-0.39, 0.29) is 22.9 Å². The topological polar surface area (TPSA) is 74.2 Å². The Morgan fingerprint density at radius 2 is 1.88 bits per heavy atom. The second-order valence-corrected chi connectivity index (χ2v) is 7.62. The van der Waals surface area contributed by atoms with Crippen molar-refractivity contribution in [1.29, 1.82) is 0 Å². The summed E-state index contributed by atoms with van der Waals surface area (Å²) >= 11 is 6.09. The Morgan fingerprint density at radius 3 is 2.64 bits per heavy atom. The van der Waals surface area contributed by atoms with Gasteiger partial charge < -0.3 is 14.2 Å². The SMILES string of the molecule is CCOc1cc(/C=C2\N=C(c3cccc(C)c3)OC2=O)ccc1OC(=O)c1ccccc1Cl. The number of halogens is 1. The number of carbonyl (C=O) groups excluding carboxylic acids is 2. The summed E-state index contributed by atoms with van der Waals surface area (Å²) in [5, 5.41) is 0.295. The van der Waals surface area contributed by atoms with Crippen LogP contribution >= 0.6 is 11.6 Å². The fourth-order valence-corrected chi connectivity index (χ4v) is 3.43. The molecule has 0 spiro atoms. The van der Waals surface area contributed by atoms with Crippen LogP contribution in [0.15, 0.2) is 77.4 Å². The summed E-state index contributed by atoms with van der Waals surface area (Å²) < 4.78 is 16.5. The number of hydrogen-bond acceptors (Lipinski definition) is 6. The van der Waals surface area contributed by atoms with Gasteiger partial charge in [-0.3, -0.25) is 0 Å². The average Bonchev–Trinajstić information content (AvgIpc) is 3.16. The Bertz CT molecular complexity index is 1300. The van der Waals surface area contributed by atoms with E-state index in [1.807, 2.05) is 38.1 Å². The van der Waals surface area contributed by atoms with Crippen LogP contribution in [0.2, 0.25) is 5.02 Å². The summed E-state index contributed by atoms with van der Waals surface area (Å²) in [6.07, 6.45) is 1.59. The number of hydrogen-bond donors (Lipinski definition) is 0.